The maximum atomic E-state index is 15.3. The van der Waals surface area contributed by atoms with Crippen molar-refractivity contribution in [2.75, 3.05) is 0 Å². The molecule has 2 heterocycles. The molecule has 0 aliphatic heterocycles. The maximum absolute atomic E-state index is 15.3. The Labute approximate surface area is 300 Å². The predicted molar refractivity (Wildman–Crippen MR) is 199 cm³/mol. The number of nitrogens with one attached hydrogen (secondary N) is 2. The zero-order valence-corrected chi connectivity index (χ0v) is 30.9. The predicted octanol–water partition coefficient (Wildman–Crippen LogP) is 9.26. The number of aromatic nitrogens is 3. The Kier molecular flexibility index (Phi) is 9.64. The fraction of sp³-hybridized carbons (Fsp3) is 0.216. The molecule has 2 unspecified atom stereocenters. The van der Waals surface area contributed by atoms with E-state index in [-0.39, 0.29) is 23.6 Å². The molecule has 8 nitrogen and oxygen atoms in total. The Morgan fingerprint density at radius 3 is 2.64 bits per heavy atom. The van der Waals surface area contributed by atoms with E-state index in [9.17, 15) is 17.0 Å². The van der Waals surface area contributed by atoms with Gasteiger partial charge in [-0.1, -0.05) is 52.9 Å². The van der Waals surface area contributed by atoms with E-state index in [2.05, 4.69) is 37.2 Å². The zero-order valence-electron chi connectivity index (χ0n) is 27.7. The number of rotatable bonds is 10. The molecule has 0 saturated carbocycles. The van der Waals surface area contributed by atoms with Crippen LogP contribution in [0.15, 0.2) is 108 Å². The summed E-state index contributed by atoms with van der Waals surface area (Å²) in [7, 11) is -5.63. The molecule has 6 rings (SSSR count). The topological polar surface area (TPSA) is 106 Å². The summed E-state index contributed by atoms with van der Waals surface area (Å²) < 4.78 is 79.9. The van der Waals surface area contributed by atoms with E-state index in [1.807, 2.05) is 45.0 Å². The third-order valence-electron chi connectivity index (χ3n) is 8.55. The average molecular weight is 782 g/mol. The van der Waals surface area contributed by atoms with Crippen LogP contribution in [0.1, 0.15) is 57.0 Å². The molecule has 2 N–H and O–H groups in total. The molecule has 13 heteroatoms. The van der Waals surface area contributed by atoms with Crippen LogP contribution >= 0.6 is 15.9 Å². The van der Waals surface area contributed by atoms with Gasteiger partial charge in [0.15, 0.2) is 0 Å². The fourth-order valence-corrected chi connectivity index (χ4v) is 8.59. The quantitative estimate of drug-likeness (QED) is 0.147. The van der Waals surface area contributed by atoms with Gasteiger partial charge in [0.1, 0.15) is 33.7 Å². The van der Waals surface area contributed by atoms with E-state index >= 15 is 4.39 Å². The normalized spacial score (nSPS) is 17.8. The van der Waals surface area contributed by atoms with E-state index in [4.69, 9.17) is 4.74 Å². The molecule has 3 atom stereocenters. The Hall–Kier alpha value is -4.17. The minimum absolute atomic E-state index is 0.00541. The van der Waals surface area contributed by atoms with E-state index < -0.39 is 48.2 Å². The van der Waals surface area contributed by atoms with Gasteiger partial charge in [-0.15, -0.1) is 0 Å². The van der Waals surface area contributed by atoms with Crippen LogP contribution in [0.5, 0.6) is 11.5 Å². The number of ether oxygens (including phenoxy) is 1. The number of fused-ring (bicyclic) bond motifs is 1. The van der Waals surface area contributed by atoms with Crippen LogP contribution in [0.4, 0.5) is 8.78 Å². The summed E-state index contributed by atoms with van der Waals surface area (Å²) in [5.74, 6) is -0.404. The SMILES string of the molecule is C=Cc1c(Oc2ccc(F)c(-c3ncc(C(N[S@](=O)C(C)(C)C)c4cccc(Br)c4)[nH]3)c2)ccc2c1ccn2S(=O)(=O)C1(C)CC=CC=C1F. The van der Waals surface area contributed by atoms with Gasteiger partial charge in [0.25, 0.3) is 10.0 Å². The van der Waals surface area contributed by atoms with E-state index in [0.717, 1.165) is 14.0 Å². The average Bonchev–Trinajstić information content (AvgIpc) is 3.73. The van der Waals surface area contributed by atoms with Gasteiger partial charge in [0.2, 0.25) is 0 Å². The first-order valence-corrected chi connectivity index (χ1v) is 19.0. The van der Waals surface area contributed by atoms with Crippen LogP contribution in [0, 0.1) is 5.82 Å². The second kappa shape index (κ2) is 13.5. The first-order valence-electron chi connectivity index (χ1n) is 15.6. The van der Waals surface area contributed by atoms with Gasteiger partial charge >= 0.3 is 0 Å². The van der Waals surface area contributed by atoms with Crippen molar-refractivity contribution in [1.29, 1.82) is 0 Å². The van der Waals surface area contributed by atoms with Crippen molar-refractivity contribution < 1.29 is 26.1 Å². The minimum atomic E-state index is -4.20. The van der Waals surface area contributed by atoms with E-state index in [1.54, 1.807) is 36.5 Å². The van der Waals surface area contributed by atoms with Crippen LogP contribution < -0.4 is 9.46 Å². The van der Waals surface area contributed by atoms with Crippen LogP contribution in [-0.4, -0.2) is 36.1 Å². The molecule has 0 radical (unpaired) electrons. The van der Waals surface area contributed by atoms with Crippen LogP contribution in [-0.2, 0) is 21.0 Å². The fourth-order valence-electron chi connectivity index (χ4n) is 5.65. The van der Waals surface area contributed by atoms with Gasteiger partial charge in [0, 0.05) is 21.6 Å². The summed E-state index contributed by atoms with van der Waals surface area (Å²) >= 11 is 3.50. The largest absolute Gasteiger partial charge is 0.457 e. The van der Waals surface area contributed by atoms with Crippen molar-refractivity contribution in [2.45, 2.75) is 49.7 Å². The lowest BCUT2D eigenvalue weighted by molar-refractivity contribution is 0.477. The first-order chi connectivity index (χ1) is 23.6. The molecule has 1 aliphatic rings. The smallest absolute Gasteiger partial charge is 0.251 e. The highest BCUT2D eigenvalue weighted by molar-refractivity contribution is 9.10. The number of imidazole rings is 1. The molecular weight excluding hydrogens is 746 g/mol. The molecule has 3 aromatic carbocycles. The van der Waals surface area contributed by atoms with Gasteiger partial charge in [-0.25, -0.2) is 35.1 Å². The van der Waals surface area contributed by atoms with Gasteiger partial charge in [0.05, 0.1) is 44.7 Å². The highest BCUT2D eigenvalue weighted by Gasteiger charge is 2.45. The molecule has 0 spiro atoms. The molecule has 5 aromatic rings. The number of aromatic amines is 1. The summed E-state index contributed by atoms with van der Waals surface area (Å²) in [5.41, 5.74) is 2.38. The zero-order chi connectivity index (χ0) is 36.0. The van der Waals surface area contributed by atoms with Gasteiger partial charge in [-0.2, -0.15) is 0 Å². The molecule has 0 amide bonds. The van der Waals surface area contributed by atoms with Crippen molar-refractivity contribution in [2.24, 2.45) is 0 Å². The summed E-state index contributed by atoms with van der Waals surface area (Å²) in [6.07, 6.45) is 8.80. The van der Waals surface area contributed by atoms with Crippen molar-refractivity contribution in [3.05, 3.63) is 131 Å². The van der Waals surface area contributed by atoms with E-state index in [1.165, 1.54) is 43.5 Å². The third kappa shape index (κ3) is 6.55. The number of benzene rings is 3. The summed E-state index contributed by atoms with van der Waals surface area (Å²) in [5, 5.41) is 0.525. The summed E-state index contributed by atoms with van der Waals surface area (Å²) in [4.78, 5) is 7.67. The standard InChI is InChI=1S/C37H35BrF2N4O4S2/c1-6-26-27-17-19-44(50(46,47)37(5)18-8-7-12-33(37)40)31(27)15-16-32(26)48-25-13-14-29(39)28(21-25)35-41-22-30(42-35)34(43-49(45)36(2,3)4)23-10-9-11-24(38)20-23/h6-17,19-22,34,43H,1,18H2,2-5H3,(H,41,42)/t34?,37?,49-/m1/s1. The summed E-state index contributed by atoms with van der Waals surface area (Å²) in [6, 6.07) is 16.1. The maximum Gasteiger partial charge on any atom is 0.251 e. The van der Waals surface area contributed by atoms with Crippen LogP contribution in [0.3, 0.4) is 0 Å². The Morgan fingerprint density at radius 2 is 1.94 bits per heavy atom. The summed E-state index contributed by atoms with van der Waals surface area (Å²) in [6.45, 7) is 10.9. The number of nitrogens with zero attached hydrogens (tertiary/aromatic N) is 2. The molecular formula is C37H35BrF2N4O4S2. The van der Waals surface area contributed by atoms with Gasteiger partial charge < -0.3 is 9.72 Å². The minimum Gasteiger partial charge on any atom is -0.457 e. The molecule has 260 valence electrons. The highest BCUT2D eigenvalue weighted by atomic mass is 79.9. The first kappa shape index (κ1) is 35.6. The molecule has 2 aromatic heterocycles. The van der Waals surface area contributed by atoms with Crippen molar-refractivity contribution in [1.82, 2.24) is 18.7 Å². The van der Waals surface area contributed by atoms with Gasteiger partial charge in [-0.3, -0.25) is 0 Å². The second-order valence-electron chi connectivity index (χ2n) is 13.0. The monoisotopic (exact) mass is 780 g/mol. The molecule has 0 bridgehead atoms. The number of halogens is 3. The van der Waals surface area contributed by atoms with Crippen LogP contribution in [0.2, 0.25) is 0 Å². The van der Waals surface area contributed by atoms with Crippen LogP contribution in [0.25, 0.3) is 28.4 Å². The highest BCUT2D eigenvalue weighted by Crippen LogP contribution is 2.40. The Balaban J connectivity index is 1.33. The Morgan fingerprint density at radius 1 is 1.16 bits per heavy atom. The number of hydrogen-bond donors (Lipinski definition) is 2. The van der Waals surface area contributed by atoms with Crippen molar-refractivity contribution in [3.63, 3.8) is 0 Å². The third-order valence-corrected chi connectivity index (χ3v) is 12.9. The number of hydrogen-bond acceptors (Lipinski definition) is 5. The lowest BCUT2D eigenvalue weighted by Crippen LogP contribution is -2.40. The lowest BCUT2D eigenvalue weighted by Gasteiger charge is -2.29. The van der Waals surface area contributed by atoms with Gasteiger partial charge in [-0.05, 0) is 94.3 Å². The second-order valence-corrected chi connectivity index (χ2v) is 18.2. The molecule has 0 saturated heterocycles. The number of H-pyrrole nitrogens is 1. The number of allylic oxidation sites excluding steroid dienone is 3. The molecule has 0 fully saturated rings. The van der Waals surface area contributed by atoms with Crippen molar-refractivity contribution in [3.8, 4) is 22.9 Å². The van der Waals surface area contributed by atoms with E-state index in [0.29, 0.717) is 27.9 Å². The molecule has 50 heavy (non-hydrogen) atoms. The van der Waals surface area contributed by atoms with Crippen molar-refractivity contribution >= 4 is 53.9 Å². The lowest BCUT2D eigenvalue weighted by atomic mass is 10.0. The molecule has 1 aliphatic carbocycles. The Bertz CT molecular complexity index is 2320.